The molecule has 1 atom stereocenters. The molecular formula is C18H17N5OS2. The molecule has 0 aliphatic carbocycles. The first kappa shape index (κ1) is 15.9. The van der Waals surface area contributed by atoms with Crippen molar-refractivity contribution < 1.29 is 0 Å². The van der Waals surface area contributed by atoms with E-state index in [1.807, 2.05) is 13.0 Å². The van der Waals surface area contributed by atoms with Gasteiger partial charge in [0.1, 0.15) is 0 Å². The van der Waals surface area contributed by atoms with Crippen molar-refractivity contribution in [2.75, 3.05) is 18.0 Å². The molecule has 4 heterocycles. The molecule has 0 spiro atoms. The number of benzene rings is 1. The smallest absolute Gasteiger partial charge is 0.275 e. The third-order valence-electron chi connectivity index (χ3n) is 4.71. The molecule has 5 rings (SSSR count). The number of thiazole rings is 1. The molecule has 1 aliphatic heterocycles. The summed E-state index contributed by atoms with van der Waals surface area (Å²) in [6, 6.07) is 9.82. The Morgan fingerprint density at radius 2 is 2.08 bits per heavy atom. The third kappa shape index (κ3) is 2.69. The highest BCUT2D eigenvalue weighted by molar-refractivity contribution is 7.20. The maximum atomic E-state index is 12.1. The number of anilines is 1. The van der Waals surface area contributed by atoms with Gasteiger partial charge in [0.05, 0.1) is 15.2 Å². The van der Waals surface area contributed by atoms with Gasteiger partial charge in [-0.1, -0.05) is 23.5 Å². The number of hydrogen-bond acceptors (Lipinski definition) is 7. The van der Waals surface area contributed by atoms with E-state index in [0.29, 0.717) is 10.9 Å². The number of rotatable bonds is 2. The number of aromatic nitrogens is 4. The number of aryl methyl sites for hydroxylation is 1. The van der Waals surface area contributed by atoms with Crippen LogP contribution in [-0.4, -0.2) is 32.7 Å². The van der Waals surface area contributed by atoms with Crippen molar-refractivity contribution in [2.45, 2.75) is 25.7 Å². The fourth-order valence-corrected chi connectivity index (χ4v) is 5.54. The zero-order chi connectivity index (χ0) is 17.7. The van der Waals surface area contributed by atoms with Gasteiger partial charge in [-0.15, -0.1) is 16.4 Å². The van der Waals surface area contributed by atoms with Gasteiger partial charge < -0.3 is 4.90 Å². The van der Waals surface area contributed by atoms with Crippen LogP contribution in [0.15, 0.2) is 35.1 Å². The lowest BCUT2D eigenvalue weighted by molar-refractivity contribution is 0.507. The first-order chi connectivity index (χ1) is 12.7. The van der Waals surface area contributed by atoms with Crippen molar-refractivity contribution in [3.8, 4) is 0 Å². The summed E-state index contributed by atoms with van der Waals surface area (Å²) in [5.41, 5.74) is 1.70. The molecule has 4 aromatic rings. The Bertz CT molecular complexity index is 1130. The molecule has 1 aromatic carbocycles. The van der Waals surface area contributed by atoms with E-state index in [-0.39, 0.29) is 5.56 Å². The van der Waals surface area contributed by atoms with Crippen LogP contribution in [0.25, 0.3) is 15.2 Å². The van der Waals surface area contributed by atoms with Crippen LogP contribution in [0.3, 0.4) is 0 Å². The van der Waals surface area contributed by atoms with Gasteiger partial charge in [0, 0.05) is 30.8 Å². The lowest BCUT2D eigenvalue weighted by atomic mass is 9.99. The Hall–Kier alpha value is -2.32. The normalized spacial score (nSPS) is 18.0. The largest absolute Gasteiger partial charge is 0.346 e. The molecule has 1 aliphatic rings. The molecule has 0 N–H and O–H groups in total. The molecular weight excluding hydrogens is 366 g/mol. The summed E-state index contributed by atoms with van der Waals surface area (Å²) in [5, 5.41) is 6.58. The predicted octanol–water partition coefficient (Wildman–Crippen LogP) is 3.45. The summed E-state index contributed by atoms with van der Waals surface area (Å²) in [4.78, 5) is 24.3. The van der Waals surface area contributed by atoms with Crippen LogP contribution in [-0.2, 0) is 0 Å². The summed E-state index contributed by atoms with van der Waals surface area (Å²) in [7, 11) is 0. The van der Waals surface area contributed by atoms with Gasteiger partial charge in [-0.05, 0) is 31.9 Å². The average molecular weight is 384 g/mol. The maximum absolute atomic E-state index is 12.1. The quantitative estimate of drug-likeness (QED) is 0.530. The van der Waals surface area contributed by atoms with Crippen LogP contribution in [0.4, 0.5) is 5.13 Å². The number of para-hydroxylation sites is 1. The number of hydrogen-bond donors (Lipinski definition) is 0. The molecule has 6 nitrogen and oxygen atoms in total. The van der Waals surface area contributed by atoms with Crippen molar-refractivity contribution in [3.63, 3.8) is 0 Å². The Morgan fingerprint density at radius 3 is 2.96 bits per heavy atom. The average Bonchev–Trinajstić information content (AvgIpc) is 3.26. The van der Waals surface area contributed by atoms with Gasteiger partial charge in [-0.2, -0.15) is 4.52 Å². The number of nitrogens with zero attached hydrogens (tertiary/aromatic N) is 5. The summed E-state index contributed by atoms with van der Waals surface area (Å²) >= 11 is 3.27. The molecule has 1 fully saturated rings. The zero-order valence-corrected chi connectivity index (χ0v) is 15.9. The molecule has 0 radical (unpaired) electrons. The van der Waals surface area contributed by atoms with Gasteiger partial charge in [-0.25, -0.2) is 9.97 Å². The lowest BCUT2D eigenvalue weighted by Gasteiger charge is -2.31. The van der Waals surface area contributed by atoms with Crippen LogP contribution >= 0.6 is 22.7 Å². The van der Waals surface area contributed by atoms with Crippen LogP contribution < -0.4 is 10.5 Å². The predicted molar refractivity (Wildman–Crippen MR) is 106 cm³/mol. The van der Waals surface area contributed by atoms with Crippen molar-refractivity contribution in [1.29, 1.82) is 0 Å². The SMILES string of the molecule is Cc1cc(=O)n2nc(N3CCCC(c4nc5ccccc5s4)C3)sc2n1. The van der Waals surface area contributed by atoms with E-state index in [1.165, 1.54) is 31.6 Å². The summed E-state index contributed by atoms with van der Waals surface area (Å²) < 4.78 is 2.65. The van der Waals surface area contributed by atoms with Crippen LogP contribution in [0.1, 0.15) is 29.5 Å². The fraction of sp³-hybridized carbons (Fsp3) is 0.333. The number of fused-ring (bicyclic) bond motifs is 2. The van der Waals surface area contributed by atoms with E-state index < -0.39 is 0 Å². The third-order valence-corrected chi connectivity index (χ3v) is 6.88. The Morgan fingerprint density at radius 1 is 1.19 bits per heavy atom. The summed E-state index contributed by atoms with van der Waals surface area (Å²) in [6.07, 6.45) is 2.23. The maximum Gasteiger partial charge on any atom is 0.275 e. The van der Waals surface area contributed by atoms with E-state index in [0.717, 1.165) is 42.3 Å². The summed E-state index contributed by atoms with van der Waals surface area (Å²) in [5.74, 6) is 0.402. The Labute approximate surface area is 157 Å². The molecule has 1 saturated heterocycles. The Kier molecular flexibility index (Phi) is 3.75. The van der Waals surface area contributed by atoms with Gasteiger partial charge in [-0.3, -0.25) is 4.79 Å². The highest BCUT2D eigenvalue weighted by Crippen LogP contribution is 2.35. The van der Waals surface area contributed by atoms with Crippen molar-refractivity contribution in [2.24, 2.45) is 0 Å². The minimum Gasteiger partial charge on any atom is -0.346 e. The standard InChI is InChI=1S/C18H17N5OS2/c1-11-9-15(24)23-17(19-11)26-18(21-23)22-8-4-5-12(10-22)16-20-13-6-2-3-7-14(13)25-16/h2-3,6-7,9,12H,4-5,8,10H2,1H3. The van der Waals surface area contributed by atoms with Gasteiger partial charge in [0.2, 0.25) is 10.1 Å². The molecule has 132 valence electrons. The molecule has 8 heteroatoms. The first-order valence-electron chi connectivity index (χ1n) is 8.65. The highest BCUT2D eigenvalue weighted by Gasteiger charge is 2.26. The fourth-order valence-electron chi connectivity index (χ4n) is 3.46. The topological polar surface area (TPSA) is 63.4 Å². The molecule has 0 bridgehead atoms. The van der Waals surface area contributed by atoms with E-state index in [4.69, 9.17) is 4.98 Å². The van der Waals surface area contributed by atoms with Gasteiger partial charge >= 0.3 is 0 Å². The van der Waals surface area contributed by atoms with Gasteiger partial charge in [0.15, 0.2) is 0 Å². The lowest BCUT2D eigenvalue weighted by Crippen LogP contribution is -2.34. The van der Waals surface area contributed by atoms with Gasteiger partial charge in [0.25, 0.3) is 5.56 Å². The van der Waals surface area contributed by atoms with Crippen molar-refractivity contribution in [3.05, 3.63) is 51.4 Å². The second-order valence-corrected chi connectivity index (χ2v) is 8.62. The summed E-state index contributed by atoms with van der Waals surface area (Å²) in [6.45, 7) is 3.67. The molecule has 0 amide bonds. The molecule has 26 heavy (non-hydrogen) atoms. The van der Waals surface area contributed by atoms with E-state index >= 15 is 0 Å². The first-order valence-corrected chi connectivity index (χ1v) is 10.3. The van der Waals surface area contributed by atoms with E-state index in [9.17, 15) is 4.79 Å². The molecule has 3 aromatic heterocycles. The Balaban J connectivity index is 1.47. The highest BCUT2D eigenvalue weighted by atomic mass is 32.1. The van der Waals surface area contributed by atoms with Crippen molar-refractivity contribution >= 4 is 43.0 Å². The monoisotopic (exact) mass is 383 g/mol. The number of piperidine rings is 1. The minimum atomic E-state index is -0.116. The molecule has 0 saturated carbocycles. The van der Waals surface area contributed by atoms with Crippen LogP contribution in [0.5, 0.6) is 0 Å². The second-order valence-electron chi connectivity index (χ2n) is 6.62. The van der Waals surface area contributed by atoms with Crippen LogP contribution in [0.2, 0.25) is 0 Å². The van der Waals surface area contributed by atoms with Crippen molar-refractivity contribution in [1.82, 2.24) is 19.6 Å². The zero-order valence-electron chi connectivity index (χ0n) is 14.3. The molecule has 1 unspecified atom stereocenters. The van der Waals surface area contributed by atoms with E-state index in [1.54, 1.807) is 11.3 Å². The second kappa shape index (κ2) is 6.14. The van der Waals surface area contributed by atoms with Crippen LogP contribution in [0, 0.1) is 6.92 Å². The minimum absolute atomic E-state index is 0.116. The van der Waals surface area contributed by atoms with E-state index in [2.05, 4.69) is 33.2 Å².